The third-order valence-corrected chi connectivity index (χ3v) is 6.46. The van der Waals surface area contributed by atoms with Crippen LogP contribution in [0.25, 0.3) is 10.9 Å². The van der Waals surface area contributed by atoms with E-state index >= 15 is 0 Å². The molecule has 0 radical (unpaired) electrons. The van der Waals surface area contributed by atoms with Gasteiger partial charge in [-0.25, -0.2) is 9.18 Å². The number of hydrogen-bond acceptors (Lipinski definition) is 3. The molecule has 0 amide bonds. The highest BCUT2D eigenvalue weighted by Crippen LogP contribution is 2.29. The second-order valence-electron chi connectivity index (χ2n) is 8.73. The van der Waals surface area contributed by atoms with Gasteiger partial charge in [-0.3, -0.25) is 0 Å². The predicted octanol–water partition coefficient (Wildman–Crippen LogP) is 5.79. The van der Waals surface area contributed by atoms with E-state index in [1.165, 1.54) is 17.7 Å². The minimum Gasteiger partial charge on any atom is -0.477 e. The van der Waals surface area contributed by atoms with Gasteiger partial charge in [0, 0.05) is 41.1 Å². The summed E-state index contributed by atoms with van der Waals surface area (Å²) in [4.78, 5) is 14.6. The second kappa shape index (κ2) is 11.5. The molecule has 0 spiro atoms. The topological polar surface area (TPSA) is 57.5 Å². The SMILES string of the molecule is CN(CCCNCc1c(C(=O)O)n(Cc2ccc(F)cc2Cl)c2ccccc12)Cc1ccccc1. The van der Waals surface area contributed by atoms with Gasteiger partial charge in [0.2, 0.25) is 0 Å². The number of rotatable bonds is 11. The van der Waals surface area contributed by atoms with E-state index < -0.39 is 11.8 Å². The highest BCUT2D eigenvalue weighted by Gasteiger charge is 2.22. The molecule has 1 aromatic heterocycles. The predicted molar refractivity (Wildman–Crippen MR) is 139 cm³/mol. The van der Waals surface area contributed by atoms with Gasteiger partial charge < -0.3 is 19.9 Å². The van der Waals surface area contributed by atoms with Crippen LogP contribution in [0.4, 0.5) is 4.39 Å². The van der Waals surface area contributed by atoms with Gasteiger partial charge in [0.25, 0.3) is 0 Å². The van der Waals surface area contributed by atoms with E-state index in [1.807, 2.05) is 42.5 Å². The molecule has 7 heteroatoms. The molecule has 5 nitrogen and oxygen atoms in total. The summed E-state index contributed by atoms with van der Waals surface area (Å²) in [6.45, 7) is 3.27. The zero-order valence-corrected chi connectivity index (χ0v) is 20.4. The molecule has 1 heterocycles. The zero-order valence-electron chi connectivity index (χ0n) is 19.7. The Morgan fingerprint density at radius 3 is 2.57 bits per heavy atom. The Hall–Kier alpha value is -3.19. The Labute approximate surface area is 209 Å². The fourth-order valence-corrected chi connectivity index (χ4v) is 4.67. The highest BCUT2D eigenvalue weighted by atomic mass is 35.5. The first-order valence-corrected chi connectivity index (χ1v) is 12.0. The lowest BCUT2D eigenvalue weighted by molar-refractivity contribution is 0.0684. The summed E-state index contributed by atoms with van der Waals surface area (Å²) in [5.74, 6) is -1.42. The molecule has 0 bridgehead atoms. The molecule has 0 fully saturated rings. The Kier molecular flexibility index (Phi) is 8.18. The Balaban J connectivity index is 1.46. The van der Waals surface area contributed by atoms with Crippen molar-refractivity contribution in [1.82, 2.24) is 14.8 Å². The van der Waals surface area contributed by atoms with Crippen LogP contribution in [0, 0.1) is 5.82 Å². The Bertz CT molecular complexity index is 1310. The molecule has 2 N–H and O–H groups in total. The van der Waals surface area contributed by atoms with Gasteiger partial charge in [-0.15, -0.1) is 0 Å². The number of carbonyl (C=O) groups is 1. The van der Waals surface area contributed by atoms with Crippen LogP contribution >= 0.6 is 11.6 Å². The fourth-order valence-electron chi connectivity index (χ4n) is 4.44. The number of halogens is 2. The number of aromatic nitrogens is 1. The van der Waals surface area contributed by atoms with E-state index in [2.05, 4.69) is 29.4 Å². The van der Waals surface area contributed by atoms with Gasteiger partial charge >= 0.3 is 5.97 Å². The van der Waals surface area contributed by atoms with Crippen molar-refractivity contribution in [2.24, 2.45) is 0 Å². The zero-order chi connectivity index (χ0) is 24.8. The van der Waals surface area contributed by atoms with Crippen LogP contribution in [0.5, 0.6) is 0 Å². The molecule has 3 aromatic carbocycles. The van der Waals surface area contributed by atoms with E-state index in [9.17, 15) is 14.3 Å². The molecule has 0 unspecified atom stereocenters. The lowest BCUT2D eigenvalue weighted by atomic mass is 10.1. The van der Waals surface area contributed by atoms with E-state index in [0.717, 1.165) is 42.5 Å². The lowest BCUT2D eigenvalue weighted by Gasteiger charge is -2.16. The summed E-state index contributed by atoms with van der Waals surface area (Å²) >= 11 is 6.25. The van der Waals surface area contributed by atoms with E-state index in [0.29, 0.717) is 12.1 Å². The average molecular weight is 494 g/mol. The van der Waals surface area contributed by atoms with Crippen LogP contribution in [0.15, 0.2) is 72.8 Å². The first-order chi connectivity index (χ1) is 16.9. The lowest BCUT2D eigenvalue weighted by Crippen LogP contribution is -2.24. The quantitative estimate of drug-likeness (QED) is 0.259. The van der Waals surface area contributed by atoms with Crippen molar-refractivity contribution >= 4 is 28.5 Å². The summed E-state index contributed by atoms with van der Waals surface area (Å²) in [6.07, 6.45) is 0.940. The highest BCUT2D eigenvalue weighted by molar-refractivity contribution is 6.31. The average Bonchev–Trinajstić information content (AvgIpc) is 3.15. The van der Waals surface area contributed by atoms with Crippen LogP contribution in [0.1, 0.15) is 33.6 Å². The molecular formula is C28H29ClFN3O2. The number of fused-ring (bicyclic) bond motifs is 1. The van der Waals surface area contributed by atoms with Crippen LogP contribution in [-0.4, -0.2) is 40.7 Å². The van der Waals surface area contributed by atoms with Gasteiger partial charge in [-0.2, -0.15) is 0 Å². The molecule has 182 valence electrons. The summed E-state index contributed by atoms with van der Waals surface area (Å²) in [6, 6.07) is 22.2. The van der Waals surface area contributed by atoms with Gasteiger partial charge in [0.1, 0.15) is 11.5 Å². The van der Waals surface area contributed by atoms with E-state index in [-0.39, 0.29) is 17.3 Å². The number of aromatic carboxylic acids is 1. The van der Waals surface area contributed by atoms with Gasteiger partial charge in [-0.05, 0) is 55.9 Å². The van der Waals surface area contributed by atoms with Crippen molar-refractivity contribution in [2.45, 2.75) is 26.1 Å². The van der Waals surface area contributed by atoms with Crippen molar-refractivity contribution in [3.63, 3.8) is 0 Å². The molecule has 0 aliphatic heterocycles. The third-order valence-electron chi connectivity index (χ3n) is 6.11. The van der Waals surface area contributed by atoms with Crippen molar-refractivity contribution in [2.75, 3.05) is 20.1 Å². The van der Waals surface area contributed by atoms with Crippen LogP contribution < -0.4 is 5.32 Å². The van der Waals surface area contributed by atoms with Crippen molar-refractivity contribution in [1.29, 1.82) is 0 Å². The summed E-state index contributed by atoms with van der Waals surface area (Å²) in [7, 11) is 2.10. The maximum atomic E-state index is 13.5. The number of carboxylic acids is 1. The number of nitrogens with zero attached hydrogens (tertiary/aromatic N) is 2. The second-order valence-corrected chi connectivity index (χ2v) is 9.13. The number of hydrogen-bond donors (Lipinski definition) is 2. The maximum absolute atomic E-state index is 13.5. The molecule has 0 atom stereocenters. The monoisotopic (exact) mass is 493 g/mol. The van der Waals surface area contributed by atoms with Crippen LogP contribution in [-0.2, 0) is 19.6 Å². The van der Waals surface area contributed by atoms with Crippen molar-refractivity contribution < 1.29 is 14.3 Å². The van der Waals surface area contributed by atoms with Gasteiger partial charge in [0.15, 0.2) is 0 Å². The van der Waals surface area contributed by atoms with Crippen molar-refractivity contribution in [3.05, 3.63) is 106 Å². The smallest absolute Gasteiger partial charge is 0.352 e. The van der Waals surface area contributed by atoms with Gasteiger partial charge in [0.05, 0.1) is 0 Å². The van der Waals surface area contributed by atoms with Crippen molar-refractivity contribution in [3.8, 4) is 0 Å². The molecule has 0 saturated carbocycles. The van der Waals surface area contributed by atoms with Gasteiger partial charge in [-0.1, -0.05) is 66.2 Å². The normalized spacial score (nSPS) is 11.4. The molecule has 35 heavy (non-hydrogen) atoms. The minimum atomic E-state index is -1.00. The minimum absolute atomic E-state index is 0.222. The van der Waals surface area contributed by atoms with Crippen LogP contribution in [0.2, 0.25) is 5.02 Å². The molecule has 0 aliphatic rings. The maximum Gasteiger partial charge on any atom is 0.352 e. The molecule has 4 rings (SSSR count). The summed E-state index contributed by atoms with van der Waals surface area (Å²) in [5.41, 5.74) is 3.72. The number of carboxylic acid groups (broad SMARTS) is 1. The van der Waals surface area contributed by atoms with E-state index in [4.69, 9.17) is 11.6 Å². The first kappa shape index (κ1) is 24.9. The standard InChI is InChI=1S/C28H29ClFN3O2/c1-32(18-20-8-3-2-4-9-20)15-7-14-31-17-24-23-10-5-6-11-26(23)33(27(24)28(34)35)19-21-12-13-22(30)16-25(21)29/h2-6,8-13,16,31H,7,14-15,17-19H2,1H3,(H,34,35). The van der Waals surface area contributed by atoms with E-state index in [1.54, 1.807) is 10.6 Å². The van der Waals surface area contributed by atoms with Crippen LogP contribution in [0.3, 0.4) is 0 Å². The first-order valence-electron chi connectivity index (χ1n) is 11.6. The largest absolute Gasteiger partial charge is 0.477 e. The molecule has 0 saturated heterocycles. The molecule has 4 aromatic rings. The number of nitrogens with one attached hydrogen (secondary N) is 1. The Morgan fingerprint density at radius 1 is 1.09 bits per heavy atom. The summed E-state index contributed by atoms with van der Waals surface area (Å²) < 4.78 is 15.3. The number of para-hydroxylation sites is 1. The fraction of sp³-hybridized carbons (Fsp3) is 0.250. The molecular weight excluding hydrogens is 465 g/mol. The Morgan fingerprint density at radius 2 is 1.83 bits per heavy atom. The molecule has 0 aliphatic carbocycles. The number of benzene rings is 3. The summed E-state index contributed by atoms with van der Waals surface area (Å²) in [5, 5.41) is 14.7. The third kappa shape index (κ3) is 6.09.